The van der Waals surface area contributed by atoms with E-state index in [1.807, 2.05) is 0 Å². The highest BCUT2D eigenvalue weighted by molar-refractivity contribution is 6.01. The molecule has 3 aromatic rings. The number of aliphatic carboxylic acids is 1. The minimum atomic E-state index is -1.96. The van der Waals surface area contributed by atoms with Gasteiger partial charge in [0.25, 0.3) is 0 Å². The maximum absolute atomic E-state index is 14.6. The van der Waals surface area contributed by atoms with Gasteiger partial charge in [-0.2, -0.15) is 0 Å². The summed E-state index contributed by atoms with van der Waals surface area (Å²) in [6.07, 6.45) is -2.46. The second-order valence-corrected chi connectivity index (χ2v) is 22.7. The molecule has 86 heavy (non-hydrogen) atoms. The third kappa shape index (κ3) is 23.3. The molecule has 1 aliphatic rings. The van der Waals surface area contributed by atoms with Crippen molar-refractivity contribution in [1.29, 1.82) is 0 Å². The zero-order valence-electron chi connectivity index (χ0n) is 49.6. The Balaban J connectivity index is 1.89. The van der Waals surface area contributed by atoms with Crippen LogP contribution < -0.4 is 64.6 Å². The fourth-order valence-corrected chi connectivity index (χ4v) is 9.35. The fourth-order valence-electron chi connectivity index (χ4n) is 9.35. The zero-order chi connectivity index (χ0) is 63.8. The lowest BCUT2D eigenvalue weighted by atomic mass is 9.98. The first-order chi connectivity index (χ1) is 40.6. The molecule has 0 bridgehead atoms. The van der Waals surface area contributed by atoms with Crippen molar-refractivity contribution in [2.75, 3.05) is 6.54 Å². The predicted molar refractivity (Wildman–Crippen MR) is 315 cm³/mol. The van der Waals surface area contributed by atoms with Crippen LogP contribution in [0.4, 0.5) is 0 Å². The van der Waals surface area contributed by atoms with Crippen LogP contribution in [0.3, 0.4) is 0 Å². The van der Waals surface area contributed by atoms with Gasteiger partial charge in [0, 0.05) is 19.3 Å². The lowest BCUT2D eigenvalue weighted by molar-refractivity contribution is -0.142. The first-order valence-electron chi connectivity index (χ1n) is 28.7. The van der Waals surface area contributed by atoms with E-state index in [9.17, 15) is 67.7 Å². The normalized spacial score (nSPS) is 24.1. The fraction of sp³-hybridized carbons (Fsp3) is 0.500. The van der Waals surface area contributed by atoms with E-state index in [0.29, 0.717) is 16.7 Å². The Morgan fingerprint density at radius 1 is 0.442 bits per heavy atom. The van der Waals surface area contributed by atoms with E-state index in [1.165, 1.54) is 31.2 Å². The summed E-state index contributed by atoms with van der Waals surface area (Å²) in [4.78, 5) is 168. The Kier molecular flexibility index (Phi) is 27.6. The summed E-state index contributed by atoms with van der Waals surface area (Å²) >= 11 is 0. The monoisotopic (exact) mass is 1200 g/mol. The number of rotatable bonds is 18. The van der Waals surface area contributed by atoms with Crippen molar-refractivity contribution in [1.82, 2.24) is 53.2 Å². The van der Waals surface area contributed by atoms with Crippen molar-refractivity contribution < 1.29 is 67.7 Å². The van der Waals surface area contributed by atoms with Gasteiger partial charge in [0.15, 0.2) is 0 Å². The van der Waals surface area contributed by atoms with Crippen molar-refractivity contribution in [2.45, 2.75) is 167 Å². The molecular formula is C60H84N12O14. The molecule has 1 saturated heterocycles. The van der Waals surface area contributed by atoms with E-state index in [1.54, 1.807) is 102 Å². The van der Waals surface area contributed by atoms with Crippen LogP contribution in [0.1, 0.15) is 104 Å². The number of phenolic OH excluding ortho intramolecular Hbond substituents is 1. The van der Waals surface area contributed by atoms with Crippen LogP contribution in [-0.2, 0) is 76.8 Å². The van der Waals surface area contributed by atoms with Crippen LogP contribution in [0.25, 0.3) is 0 Å². The molecule has 1 heterocycles. The molecule has 1 fully saturated rings. The summed E-state index contributed by atoms with van der Waals surface area (Å²) in [7, 11) is 0. The summed E-state index contributed by atoms with van der Waals surface area (Å²) in [6.45, 7) is 11.6. The number of aromatic hydroxyl groups is 1. The molecular weight excluding hydrogens is 1110 g/mol. The Morgan fingerprint density at radius 2 is 0.791 bits per heavy atom. The van der Waals surface area contributed by atoms with Gasteiger partial charge < -0.3 is 74.8 Å². The number of amides is 11. The molecule has 0 radical (unpaired) electrons. The maximum atomic E-state index is 14.6. The highest BCUT2D eigenvalue weighted by Crippen LogP contribution is 2.16. The van der Waals surface area contributed by atoms with Gasteiger partial charge in [-0.25, -0.2) is 0 Å². The zero-order valence-corrected chi connectivity index (χ0v) is 49.6. The van der Waals surface area contributed by atoms with Gasteiger partial charge >= 0.3 is 5.97 Å². The molecule has 26 nitrogen and oxygen atoms in total. The van der Waals surface area contributed by atoms with Gasteiger partial charge in [0.2, 0.25) is 65.0 Å². The highest BCUT2D eigenvalue weighted by Gasteiger charge is 2.38. The molecule has 0 saturated carbocycles. The highest BCUT2D eigenvalue weighted by atomic mass is 16.4. The van der Waals surface area contributed by atoms with Gasteiger partial charge in [-0.15, -0.1) is 0 Å². The molecule has 1 aliphatic heterocycles. The maximum Gasteiger partial charge on any atom is 0.305 e. The number of hydrogen-bond donors (Lipinski definition) is 14. The largest absolute Gasteiger partial charge is 0.508 e. The second kappa shape index (κ2) is 34.1. The number of benzene rings is 3. The van der Waals surface area contributed by atoms with E-state index in [4.69, 9.17) is 11.5 Å². The number of nitrogens with two attached hydrogens (primary N) is 2. The minimum Gasteiger partial charge on any atom is -0.508 e. The number of hydrogen-bond acceptors (Lipinski definition) is 14. The van der Waals surface area contributed by atoms with E-state index in [2.05, 4.69) is 53.2 Å². The summed E-state index contributed by atoms with van der Waals surface area (Å²) in [5.74, 6) is -13.6. The van der Waals surface area contributed by atoms with Crippen molar-refractivity contribution in [3.63, 3.8) is 0 Å². The standard InChI is InChI=1S/C60H84N12O14/c1-32(2)25-41-54(80)68-43(29-38-20-22-39(73)23-21-38)53(79)63-35(7)51(77)65-44(27-36-15-10-8-11-16-36)55(81)69-45(28-37-17-12-9-13-18-37)56(82)70-46(30-48(62)74)57(83)71-47(31-49(75)76)58(84)67-42(26-33(3)4)59(85)72-50(34(5)6)60(86)64-40(19-14-24-61)52(78)66-41/h8-13,15-18,20-23,32-35,40-47,50,73H,14,19,24-31,61H2,1-7H3,(H2,62,74)(H,63,79)(H,64,86)(H,65,77)(H,66,78)(H,67,84)(H,68,80)(H,69,81)(H,70,82)(H,71,83)(H,72,85)(H,75,76)/t35-,40-,41-,42-,43+,44-,45+,46-,47-,50-/m0/s1. The van der Waals surface area contributed by atoms with Gasteiger partial charge in [-0.3, -0.25) is 57.5 Å². The molecule has 3 aromatic carbocycles. The molecule has 11 amide bonds. The number of phenols is 1. The van der Waals surface area contributed by atoms with Crippen molar-refractivity contribution in [2.24, 2.45) is 29.2 Å². The summed E-state index contributed by atoms with van der Waals surface area (Å²) in [5.41, 5.74) is 12.9. The van der Waals surface area contributed by atoms with Gasteiger partial charge in [0.1, 0.15) is 66.2 Å². The molecule has 16 N–H and O–H groups in total. The molecule has 0 spiro atoms. The van der Waals surface area contributed by atoms with Gasteiger partial charge in [-0.05, 0) is 85.7 Å². The van der Waals surface area contributed by atoms with Crippen LogP contribution in [0.15, 0.2) is 84.9 Å². The van der Waals surface area contributed by atoms with Crippen molar-refractivity contribution in [3.05, 3.63) is 102 Å². The Hall–Kier alpha value is -8.94. The van der Waals surface area contributed by atoms with E-state index in [-0.39, 0.29) is 69.1 Å². The quantitative estimate of drug-likeness (QED) is 0.0737. The SMILES string of the molecule is CC(C)C[C@@H]1NC(=O)[C@H](CC(=O)O)NC(=O)[C@H](CC(N)=O)NC(=O)[C@@H](Cc2ccccc2)NC(=O)[C@H](Cc2ccccc2)NC(=O)[C@H](C)NC(=O)[C@@H](Cc2ccc(O)cc2)NC(=O)[C@H](CC(C)C)NC(=O)[C@H](CCCN)NC(=O)[C@H](C(C)C)NC1=O. The molecule has 0 unspecified atom stereocenters. The third-order valence-corrected chi connectivity index (χ3v) is 13.9. The van der Waals surface area contributed by atoms with Crippen molar-refractivity contribution >= 4 is 70.9 Å². The first-order valence-corrected chi connectivity index (χ1v) is 28.7. The smallest absolute Gasteiger partial charge is 0.305 e. The minimum absolute atomic E-state index is 0.0266. The average Bonchev–Trinajstić information content (AvgIpc) is 3.09. The van der Waals surface area contributed by atoms with Gasteiger partial charge in [-0.1, -0.05) is 114 Å². The lowest BCUT2D eigenvalue weighted by Gasteiger charge is -2.30. The Labute approximate surface area is 500 Å². The summed E-state index contributed by atoms with van der Waals surface area (Å²) < 4.78 is 0. The number of carbonyl (C=O) groups excluding carboxylic acids is 11. The van der Waals surface area contributed by atoms with E-state index in [0.717, 1.165) is 0 Å². The van der Waals surface area contributed by atoms with Gasteiger partial charge in [0.05, 0.1) is 12.8 Å². The molecule has 26 heteroatoms. The third-order valence-electron chi connectivity index (χ3n) is 13.9. The second-order valence-electron chi connectivity index (χ2n) is 22.7. The van der Waals surface area contributed by atoms with E-state index < -0.39 is 150 Å². The lowest BCUT2D eigenvalue weighted by Crippen LogP contribution is -2.62. The Bertz CT molecular complexity index is 2840. The number of nitrogens with one attached hydrogen (secondary N) is 10. The predicted octanol–water partition coefficient (Wildman–Crippen LogP) is -0.861. The summed E-state index contributed by atoms with van der Waals surface area (Å²) in [6, 6.07) is 7.23. The Morgan fingerprint density at radius 3 is 1.21 bits per heavy atom. The van der Waals surface area contributed by atoms with E-state index >= 15 is 0 Å². The average molecular weight is 1200 g/mol. The van der Waals surface area contributed by atoms with Crippen LogP contribution >= 0.6 is 0 Å². The first kappa shape index (κ1) is 69.6. The van der Waals surface area contributed by atoms with Crippen LogP contribution in [-0.4, -0.2) is 148 Å². The number of primary amides is 1. The molecule has 0 aromatic heterocycles. The molecule has 10 atom stereocenters. The summed E-state index contributed by atoms with van der Waals surface area (Å²) in [5, 5.41) is 45.8. The molecule has 0 aliphatic carbocycles. The number of carbonyl (C=O) groups is 12. The molecule has 4 rings (SSSR count). The van der Waals surface area contributed by atoms with Crippen LogP contribution in [0.5, 0.6) is 5.75 Å². The number of carboxylic acid groups (broad SMARTS) is 1. The molecule has 468 valence electrons. The van der Waals surface area contributed by atoms with Crippen LogP contribution in [0.2, 0.25) is 0 Å². The van der Waals surface area contributed by atoms with Crippen molar-refractivity contribution in [3.8, 4) is 5.75 Å². The number of carboxylic acids is 1. The topological polar surface area (TPSA) is 418 Å². The van der Waals surface area contributed by atoms with Crippen LogP contribution in [0, 0.1) is 17.8 Å².